The molecule has 0 unspecified atom stereocenters. The number of rotatable bonds is 1. The van der Waals surface area contributed by atoms with E-state index < -0.39 is 0 Å². The molecule has 13 heavy (non-hydrogen) atoms. The summed E-state index contributed by atoms with van der Waals surface area (Å²) in [6.07, 6.45) is 0. The first kappa shape index (κ1) is 9.79. The fourth-order valence-electron chi connectivity index (χ4n) is 0.916. The zero-order valence-electron chi connectivity index (χ0n) is 8.15. The summed E-state index contributed by atoms with van der Waals surface area (Å²) >= 11 is 0. The van der Waals surface area contributed by atoms with Gasteiger partial charge in [0.05, 0.1) is 6.04 Å². The normalized spacial score (nSPS) is 14.5. The van der Waals surface area contributed by atoms with Gasteiger partial charge in [-0.2, -0.15) is 0 Å². The van der Waals surface area contributed by atoms with Crippen molar-refractivity contribution in [2.24, 2.45) is 11.1 Å². The lowest BCUT2D eigenvalue weighted by Gasteiger charge is -2.25. The van der Waals surface area contributed by atoms with E-state index in [-0.39, 0.29) is 17.4 Å². The van der Waals surface area contributed by atoms with Crippen molar-refractivity contribution in [2.45, 2.75) is 26.8 Å². The van der Waals surface area contributed by atoms with Crippen LogP contribution in [0.4, 0.5) is 5.95 Å². The van der Waals surface area contributed by atoms with E-state index >= 15 is 0 Å². The predicted octanol–water partition coefficient (Wildman–Crippen LogP) is -0.380. The Bertz CT molecular complexity index is 296. The first-order valence-electron chi connectivity index (χ1n) is 4.05. The van der Waals surface area contributed by atoms with Gasteiger partial charge in [-0.3, -0.25) is 0 Å². The van der Waals surface area contributed by atoms with E-state index in [0.717, 1.165) is 0 Å². The number of nitrogen functional groups attached to an aromatic ring is 2. The Morgan fingerprint density at radius 3 is 2.15 bits per heavy atom. The Balaban J connectivity index is 3.02. The molecule has 0 bridgehead atoms. The number of anilines is 1. The average Bonchev–Trinajstić information content (AvgIpc) is 2.30. The highest BCUT2D eigenvalue weighted by molar-refractivity contribution is 5.19. The number of aromatic nitrogens is 3. The van der Waals surface area contributed by atoms with E-state index in [1.165, 1.54) is 4.68 Å². The smallest absolute Gasteiger partial charge is 0.240 e. The van der Waals surface area contributed by atoms with Crippen LogP contribution >= 0.6 is 0 Å². The number of nitrogens with zero attached hydrogens (tertiary/aromatic N) is 3. The molecule has 1 aromatic rings. The van der Waals surface area contributed by atoms with Crippen LogP contribution < -0.4 is 17.3 Å². The highest BCUT2D eigenvalue weighted by atomic mass is 15.4. The van der Waals surface area contributed by atoms with Crippen molar-refractivity contribution in [3.8, 4) is 0 Å². The van der Waals surface area contributed by atoms with Gasteiger partial charge in [0, 0.05) is 0 Å². The largest absolute Gasteiger partial charge is 0.366 e. The molecule has 0 radical (unpaired) electrons. The maximum atomic E-state index is 5.93. The molecule has 6 N–H and O–H groups in total. The summed E-state index contributed by atoms with van der Waals surface area (Å²) in [5.41, 5.74) is 11.2. The standard InChI is InChI=1S/C7H16N6/c1-7(2,3)4(8)5-11-12-6(9)13(5)10/h4H,8,10H2,1-3H3,(H2,9,12)/t4-/m0/s1. The van der Waals surface area contributed by atoms with Crippen LogP contribution in [0.2, 0.25) is 0 Å². The van der Waals surface area contributed by atoms with Crippen LogP contribution in [0.25, 0.3) is 0 Å². The van der Waals surface area contributed by atoms with Gasteiger partial charge in [0.25, 0.3) is 0 Å². The van der Waals surface area contributed by atoms with E-state index in [1.54, 1.807) is 0 Å². The van der Waals surface area contributed by atoms with Gasteiger partial charge in [0.1, 0.15) is 0 Å². The molecular weight excluding hydrogens is 168 g/mol. The van der Waals surface area contributed by atoms with E-state index in [2.05, 4.69) is 10.2 Å². The van der Waals surface area contributed by atoms with E-state index in [9.17, 15) is 0 Å². The monoisotopic (exact) mass is 184 g/mol. The lowest BCUT2D eigenvalue weighted by atomic mass is 9.87. The molecule has 0 fully saturated rings. The summed E-state index contributed by atoms with van der Waals surface area (Å²) in [7, 11) is 0. The van der Waals surface area contributed by atoms with Crippen LogP contribution in [-0.2, 0) is 0 Å². The first-order valence-corrected chi connectivity index (χ1v) is 4.05. The molecule has 6 heteroatoms. The quantitative estimate of drug-likeness (QED) is 0.515. The Morgan fingerprint density at radius 1 is 1.31 bits per heavy atom. The number of hydrogen-bond donors (Lipinski definition) is 3. The minimum Gasteiger partial charge on any atom is -0.366 e. The fraction of sp³-hybridized carbons (Fsp3) is 0.714. The van der Waals surface area contributed by atoms with Crippen molar-refractivity contribution < 1.29 is 0 Å². The second-order valence-corrected chi connectivity index (χ2v) is 4.13. The molecule has 74 valence electrons. The molecule has 0 spiro atoms. The average molecular weight is 184 g/mol. The Hall–Kier alpha value is -1.30. The molecule has 0 saturated heterocycles. The predicted molar refractivity (Wildman–Crippen MR) is 51.0 cm³/mol. The van der Waals surface area contributed by atoms with Crippen LogP contribution in [0.1, 0.15) is 32.6 Å². The molecule has 0 aliphatic carbocycles. The SMILES string of the molecule is CC(C)(C)[C@@H](N)c1nnc(N)n1N. The summed E-state index contributed by atoms with van der Waals surface area (Å²) in [5.74, 6) is 6.27. The van der Waals surface area contributed by atoms with E-state index in [4.69, 9.17) is 17.3 Å². The maximum Gasteiger partial charge on any atom is 0.240 e. The van der Waals surface area contributed by atoms with Gasteiger partial charge in [-0.15, -0.1) is 10.2 Å². The van der Waals surface area contributed by atoms with Crippen LogP contribution in [0.3, 0.4) is 0 Å². The van der Waals surface area contributed by atoms with Gasteiger partial charge in [-0.25, -0.2) is 4.68 Å². The van der Waals surface area contributed by atoms with Gasteiger partial charge in [-0.05, 0) is 5.41 Å². The van der Waals surface area contributed by atoms with Gasteiger partial charge < -0.3 is 17.3 Å². The Labute approximate surface area is 77.1 Å². The summed E-state index contributed by atoms with van der Waals surface area (Å²) in [4.78, 5) is 0. The summed E-state index contributed by atoms with van der Waals surface area (Å²) in [6.45, 7) is 6.01. The van der Waals surface area contributed by atoms with Crippen molar-refractivity contribution in [1.29, 1.82) is 0 Å². The van der Waals surface area contributed by atoms with Crippen molar-refractivity contribution >= 4 is 5.95 Å². The molecule has 0 amide bonds. The molecule has 6 nitrogen and oxygen atoms in total. The van der Waals surface area contributed by atoms with Crippen LogP contribution in [0.5, 0.6) is 0 Å². The van der Waals surface area contributed by atoms with Crippen LogP contribution in [0.15, 0.2) is 0 Å². The summed E-state index contributed by atoms with van der Waals surface area (Å²) < 4.78 is 1.22. The summed E-state index contributed by atoms with van der Waals surface area (Å²) in [5, 5.41) is 7.46. The Morgan fingerprint density at radius 2 is 1.85 bits per heavy atom. The lowest BCUT2D eigenvalue weighted by molar-refractivity contribution is 0.311. The van der Waals surface area contributed by atoms with Crippen LogP contribution in [-0.4, -0.2) is 14.9 Å². The highest BCUT2D eigenvalue weighted by Crippen LogP contribution is 2.28. The maximum absolute atomic E-state index is 5.93. The van der Waals surface area contributed by atoms with Crippen molar-refractivity contribution in [3.63, 3.8) is 0 Å². The molecule has 0 aliphatic heterocycles. The zero-order valence-corrected chi connectivity index (χ0v) is 8.15. The fourth-order valence-corrected chi connectivity index (χ4v) is 0.916. The molecule has 1 rings (SSSR count). The molecule has 0 aromatic carbocycles. The molecular formula is C7H16N6. The van der Waals surface area contributed by atoms with Crippen LogP contribution in [0, 0.1) is 5.41 Å². The minimum absolute atomic E-state index is 0.114. The van der Waals surface area contributed by atoms with Crippen molar-refractivity contribution in [2.75, 3.05) is 11.6 Å². The zero-order chi connectivity index (χ0) is 10.2. The van der Waals surface area contributed by atoms with E-state index in [0.29, 0.717) is 5.82 Å². The topological polar surface area (TPSA) is 109 Å². The van der Waals surface area contributed by atoms with Gasteiger partial charge in [-0.1, -0.05) is 20.8 Å². The number of nitrogens with two attached hydrogens (primary N) is 3. The van der Waals surface area contributed by atoms with E-state index in [1.807, 2.05) is 20.8 Å². The highest BCUT2D eigenvalue weighted by Gasteiger charge is 2.27. The first-order chi connectivity index (χ1) is 5.84. The third kappa shape index (κ3) is 1.72. The lowest BCUT2D eigenvalue weighted by Crippen LogP contribution is -2.31. The Kier molecular flexibility index (Phi) is 2.17. The van der Waals surface area contributed by atoms with Gasteiger partial charge >= 0.3 is 0 Å². The van der Waals surface area contributed by atoms with Crippen molar-refractivity contribution in [1.82, 2.24) is 14.9 Å². The third-order valence-electron chi connectivity index (χ3n) is 1.96. The molecule has 1 aromatic heterocycles. The second-order valence-electron chi connectivity index (χ2n) is 4.13. The number of hydrogen-bond acceptors (Lipinski definition) is 5. The third-order valence-corrected chi connectivity index (χ3v) is 1.96. The second kappa shape index (κ2) is 2.88. The molecule has 1 heterocycles. The summed E-state index contributed by atoms with van der Waals surface area (Å²) in [6, 6.07) is -0.276. The van der Waals surface area contributed by atoms with Gasteiger partial charge in [0.15, 0.2) is 5.82 Å². The van der Waals surface area contributed by atoms with Gasteiger partial charge in [0.2, 0.25) is 5.95 Å². The van der Waals surface area contributed by atoms with Crippen molar-refractivity contribution in [3.05, 3.63) is 5.82 Å². The molecule has 0 saturated carbocycles. The molecule has 0 aliphatic rings. The molecule has 1 atom stereocenters. The minimum atomic E-state index is -0.276.